The lowest BCUT2D eigenvalue weighted by Crippen LogP contribution is -2.55. The summed E-state index contributed by atoms with van der Waals surface area (Å²) in [5.41, 5.74) is 1.03. The van der Waals surface area contributed by atoms with Gasteiger partial charge >= 0.3 is 0 Å². The first-order chi connectivity index (χ1) is 16.5. The molecule has 5 rings (SSSR count). The van der Waals surface area contributed by atoms with Crippen molar-refractivity contribution in [3.05, 3.63) is 54.6 Å². The Balaban J connectivity index is 1.36. The number of rotatable bonds is 5. The van der Waals surface area contributed by atoms with Crippen molar-refractivity contribution in [2.75, 3.05) is 38.2 Å². The van der Waals surface area contributed by atoms with Gasteiger partial charge in [-0.3, -0.25) is 4.79 Å². The fraction of sp³-hybridized carbons (Fsp3) is 0.500. The van der Waals surface area contributed by atoms with E-state index in [1.165, 1.54) is 0 Å². The van der Waals surface area contributed by atoms with E-state index in [1.54, 1.807) is 35.7 Å². The third-order valence-corrected chi connectivity index (χ3v) is 9.60. The number of hydrogen-bond acceptors (Lipinski definition) is 5. The minimum atomic E-state index is -3.75. The molecule has 3 atom stereocenters. The molecular weight excluding hydrogens is 450 g/mol. The first-order valence-corrected chi connectivity index (χ1v) is 13.7. The van der Waals surface area contributed by atoms with Crippen LogP contribution >= 0.6 is 0 Å². The molecule has 1 aliphatic carbocycles. The molecule has 0 bridgehead atoms. The Kier molecular flexibility index (Phi) is 6.53. The number of hydrogen-bond donors (Lipinski definition) is 0. The van der Waals surface area contributed by atoms with Gasteiger partial charge in [-0.1, -0.05) is 43.2 Å². The Morgan fingerprint density at radius 1 is 0.912 bits per heavy atom. The number of amides is 1. The van der Waals surface area contributed by atoms with Gasteiger partial charge in [0.25, 0.3) is 0 Å². The van der Waals surface area contributed by atoms with Crippen LogP contribution in [0.3, 0.4) is 0 Å². The predicted octanol–water partition coefficient (Wildman–Crippen LogP) is 3.37. The summed E-state index contributed by atoms with van der Waals surface area (Å²) in [7, 11) is -2.08. The first-order valence-electron chi connectivity index (χ1n) is 12.3. The number of sulfonamides is 1. The number of carbonyl (C=O) groups is 1. The van der Waals surface area contributed by atoms with Gasteiger partial charge in [0.2, 0.25) is 15.9 Å². The average Bonchev–Trinajstić information content (AvgIpc) is 3.29. The van der Waals surface area contributed by atoms with Gasteiger partial charge in [0.15, 0.2) is 0 Å². The number of anilines is 1. The fourth-order valence-electron chi connectivity index (χ4n) is 5.96. The van der Waals surface area contributed by atoms with Crippen LogP contribution in [0.1, 0.15) is 32.1 Å². The highest BCUT2D eigenvalue weighted by molar-refractivity contribution is 7.89. The van der Waals surface area contributed by atoms with E-state index >= 15 is 0 Å². The number of carbonyl (C=O) groups excluding carboxylic acids is 1. The molecule has 2 aromatic rings. The van der Waals surface area contributed by atoms with Crippen LogP contribution in [0.2, 0.25) is 0 Å². The van der Waals surface area contributed by atoms with E-state index in [0.717, 1.165) is 37.1 Å². The molecule has 2 saturated heterocycles. The van der Waals surface area contributed by atoms with Crippen LogP contribution in [0.25, 0.3) is 0 Å². The van der Waals surface area contributed by atoms with E-state index in [1.807, 2.05) is 35.2 Å². The van der Waals surface area contributed by atoms with Gasteiger partial charge in [-0.2, -0.15) is 4.31 Å². The molecule has 0 spiro atoms. The highest BCUT2D eigenvalue weighted by Crippen LogP contribution is 2.43. The summed E-state index contributed by atoms with van der Waals surface area (Å²) < 4.78 is 34.5. The summed E-state index contributed by atoms with van der Waals surface area (Å²) in [6, 6.07) is 15.8. The van der Waals surface area contributed by atoms with E-state index in [-0.39, 0.29) is 22.8 Å². The number of benzene rings is 2. The zero-order chi connectivity index (χ0) is 23.7. The van der Waals surface area contributed by atoms with Crippen LogP contribution in [-0.2, 0) is 14.8 Å². The maximum absolute atomic E-state index is 13.8. The van der Waals surface area contributed by atoms with Crippen molar-refractivity contribution in [3.63, 3.8) is 0 Å². The molecule has 0 aromatic heterocycles. The van der Waals surface area contributed by atoms with Crippen molar-refractivity contribution in [1.82, 2.24) is 9.21 Å². The molecule has 1 saturated carbocycles. The van der Waals surface area contributed by atoms with Gasteiger partial charge in [0, 0.05) is 32.2 Å². The third-order valence-electron chi connectivity index (χ3n) is 7.65. The largest absolute Gasteiger partial charge is 0.495 e. The van der Waals surface area contributed by atoms with E-state index in [4.69, 9.17) is 4.74 Å². The molecule has 2 aliphatic heterocycles. The lowest BCUT2D eigenvalue weighted by atomic mass is 9.85. The molecule has 0 unspecified atom stereocenters. The predicted molar refractivity (Wildman–Crippen MR) is 131 cm³/mol. The number of para-hydroxylation sites is 2. The van der Waals surface area contributed by atoms with Gasteiger partial charge in [-0.05, 0) is 49.4 Å². The summed E-state index contributed by atoms with van der Waals surface area (Å²) in [6.45, 7) is 2.53. The number of fused-ring (bicyclic) bond motifs is 1. The van der Waals surface area contributed by atoms with E-state index in [9.17, 15) is 13.2 Å². The number of nitrogens with zero attached hydrogens (tertiary/aromatic N) is 3. The Labute approximate surface area is 202 Å². The normalized spacial score (nSPS) is 25.7. The fourth-order valence-corrected chi connectivity index (χ4v) is 7.85. The second-order valence-corrected chi connectivity index (χ2v) is 11.3. The highest BCUT2D eigenvalue weighted by Gasteiger charge is 2.51. The van der Waals surface area contributed by atoms with E-state index < -0.39 is 16.1 Å². The van der Waals surface area contributed by atoms with Crippen molar-refractivity contribution in [1.29, 1.82) is 0 Å². The molecule has 3 aliphatic rings. The number of piperazine rings is 1. The third kappa shape index (κ3) is 4.18. The average molecular weight is 484 g/mol. The van der Waals surface area contributed by atoms with Gasteiger partial charge < -0.3 is 14.5 Å². The summed E-state index contributed by atoms with van der Waals surface area (Å²) in [6.07, 6.45) is 4.58. The van der Waals surface area contributed by atoms with Gasteiger partial charge in [-0.25, -0.2) is 8.42 Å². The molecular formula is C26H33N3O4S. The van der Waals surface area contributed by atoms with Crippen molar-refractivity contribution in [3.8, 4) is 5.75 Å². The Morgan fingerprint density at radius 3 is 2.32 bits per heavy atom. The standard InChI is InChI=1S/C26H33N3O4S/c1-33-25-14-8-7-13-23(25)27-15-17-28(18-16-27)26(30)24-19-20-9-5-6-12-22(20)29(24)34(31,32)21-10-3-2-4-11-21/h2-4,7-8,10-11,13-14,20,22,24H,5-6,9,12,15-19H2,1H3/t20-,22-,24+/m1/s1. The maximum atomic E-state index is 13.8. The molecule has 3 fully saturated rings. The van der Waals surface area contributed by atoms with Crippen molar-refractivity contribution in [2.24, 2.45) is 5.92 Å². The second kappa shape index (κ2) is 9.58. The zero-order valence-electron chi connectivity index (χ0n) is 19.7. The highest BCUT2D eigenvalue weighted by atomic mass is 32.2. The smallest absolute Gasteiger partial charge is 0.244 e. The van der Waals surface area contributed by atoms with Crippen LogP contribution in [0, 0.1) is 5.92 Å². The molecule has 8 heteroatoms. The summed E-state index contributed by atoms with van der Waals surface area (Å²) in [5, 5.41) is 0. The number of methoxy groups -OCH3 is 1. The lowest BCUT2D eigenvalue weighted by molar-refractivity contribution is -0.135. The molecule has 34 heavy (non-hydrogen) atoms. The molecule has 0 N–H and O–H groups in total. The Hall–Kier alpha value is -2.58. The molecule has 7 nitrogen and oxygen atoms in total. The van der Waals surface area contributed by atoms with Crippen LogP contribution in [-0.4, -0.2) is 68.9 Å². The SMILES string of the molecule is COc1ccccc1N1CCN(C(=O)[C@@H]2C[C@H]3CCCC[C@H]3N2S(=O)(=O)c2ccccc2)CC1. The van der Waals surface area contributed by atoms with Gasteiger partial charge in [0.05, 0.1) is 17.7 Å². The summed E-state index contributed by atoms with van der Waals surface area (Å²) in [4.78, 5) is 18.1. The topological polar surface area (TPSA) is 70.2 Å². The van der Waals surface area contributed by atoms with Crippen molar-refractivity contribution < 1.29 is 17.9 Å². The summed E-state index contributed by atoms with van der Waals surface area (Å²) >= 11 is 0. The Bertz CT molecular complexity index is 1120. The van der Waals surface area contributed by atoms with Crippen LogP contribution in [0.15, 0.2) is 59.5 Å². The van der Waals surface area contributed by atoms with E-state index in [0.29, 0.717) is 32.6 Å². The zero-order valence-corrected chi connectivity index (χ0v) is 20.5. The van der Waals surface area contributed by atoms with Crippen LogP contribution < -0.4 is 9.64 Å². The molecule has 1 amide bonds. The Morgan fingerprint density at radius 2 is 1.59 bits per heavy atom. The van der Waals surface area contributed by atoms with Crippen molar-refractivity contribution >= 4 is 21.6 Å². The van der Waals surface area contributed by atoms with Gasteiger partial charge in [0.1, 0.15) is 11.8 Å². The quantitative estimate of drug-likeness (QED) is 0.652. The molecule has 2 aromatic carbocycles. The summed E-state index contributed by atoms with van der Waals surface area (Å²) in [5.74, 6) is 1.03. The van der Waals surface area contributed by atoms with Crippen LogP contribution in [0.4, 0.5) is 5.69 Å². The van der Waals surface area contributed by atoms with E-state index in [2.05, 4.69) is 4.90 Å². The minimum Gasteiger partial charge on any atom is -0.495 e. The molecule has 182 valence electrons. The molecule has 2 heterocycles. The monoisotopic (exact) mass is 483 g/mol. The van der Waals surface area contributed by atoms with Crippen LogP contribution in [0.5, 0.6) is 5.75 Å². The maximum Gasteiger partial charge on any atom is 0.244 e. The van der Waals surface area contributed by atoms with Gasteiger partial charge in [-0.15, -0.1) is 0 Å². The lowest BCUT2D eigenvalue weighted by Gasteiger charge is -2.39. The second-order valence-electron chi connectivity index (χ2n) is 9.50. The number of ether oxygens (including phenoxy) is 1. The first kappa shape index (κ1) is 23.2. The molecule has 0 radical (unpaired) electrons. The van der Waals surface area contributed by atoms with Crippen molar-refractivity contribution in [2.45, 2.75) is 49.1 Å². The minimum absolute atomic E-state index is 0.0476.